The maximum atomic E-state index is 10.6. The van der Waals surface area contributed by atoms with Crippen LogP contribution >= 0.6 is 0 Å². The van der Waals surface area contributed by atoms with Gasteiger partial charge in [-0.05, 0) is 23.1 Å². The quantitative estimate of drug-likeness (QED) is 0.734. The molecule has 0 unspecified atom stereocenters. The summed E-state index contributed by atoms with van der Waals surface area (Å²) in [6.07, 6.45) is 0.374. The number of rotatable bonds is 5. The lowest BCUT2D eigenvalue weighted by Crippen LogP contribution is -2.19. The zero-order chi connectivity index (χ0) is 15.4. The molecule has 0 spiro atoms. The van der Waals surface area contributed by atoms with Crippen molar-refractivity contribution in [1.82, 2.24) is 0 Å². The van der Waals surface area contributed by atoms with Crippen molar-refractivity contribution in [2.24, 2.45) is 0 Å². The Hall–Kier alpha value is -2.37. The molecule has 5 heteroatoms. The molecule has 2 rings (SSSR count). The first-order valence-corrected chi connectivity index (χ1v) is 6.37. The molecule has 0 amide bonds. The molecule has 110 valence electrons. The molecule has 0 saturated carbocycles. The second-order valence-corrected chi connectivity index (χ2v) is 4.56. The van der Waals surface area contributed by atoms with E-state index < -0.39 is 18.2 Å². The van der Waals surface area contributed by atoms with E-state index >= 15 is 0 Å². The first-order chi connectivity index (χ1) is 10.0. The van der Waals surface area contributed by atoms with Gasteiger partial charge in [-0.1, -0.05) is 30.3 Å². The predicted molar refractivity (Wildman–Crippen MR) is 78.1 cm³/mol. The van der Waals surface area contributed by atoms with Gasteiger partial charge in [-0.2, -0.15) is 0 Å². The van der Waals surface area contributed by atoms with Gasteiger partial charge in [-0.15, -0.1) is 0 Å². The van der Waals surface area contributed by atoms with Crippen molar-refractivity contribution in [2.45, 2.75) is 12.2 Å². The average molecular weight is 288 g/mol. The van der Waals surface area contributed by atoms with Gasteiger partial charge in [0.2, 0.25) is 0 Å². The number of benzene rings is 2. The highest BCUT2D eigenvalue weighted by Crippen LogP contribution is 2.32. The molecule has 0 radical (unpaired) electrons. The standard InChI is InChI=1S/C16H16O5/c1-21-14(8-9-15(18)19)16(20)12-6-7-13(17)11-5-3-2-4-10(11)12/h2-9,14,16-17,20H,1H3,(H,18,19)/b9-8+/t14-,16-/m1/s1. The summed E-state index contributed by atoms with van der Waals surface area (Å²) in [4.78, 5) is 10.6. The van der Waals surface area contributed by atoms with Crippen LogP contribution in [0.1, 0.15) is 11.7 Å². The highest BCUT2D eigenvalue weighted by atomic mass is 16.5. The smallest absolute Gasteiger partial charge is 0.328 e. The number of aliphatic hydroxyl groups excluding tert-OH is 1. The van der Waals surface area contributed by atoms with E-state index in [1.54, 1.807) is 30.3 Å². The van der Waals surface area contributed by atoms with Gasteiger partial charge in [-0.25, -0.2) is 4.79 Å². The van der Waals surface area contributed by atoms with Gasteiger partial charge in [0.05, 0.1) is 0 Å². The molecule has 21 heavy (non-hydrogen) atoms. The molecule has 0 aliphatic heterocycles. The molecule has 0 aromatic heterocycles. The molecule has 3 N–H and O–H groups in total. The summed E-state index contributed by atoms with van der Waals surface area (Å²) in [6, 6.07) is 10.2. The van der Waals surface area contributed by atoms with Crippen LogP contribution in [0.4, 0.5) is 0 Å². The van der Waals surface area contributed by atoms with Crippen LogP contribution in [-0.4, -0.2) is 34.5 Å². The van der Waals surface area contributed by atoms with Gasteiger partial charge in [0, 0.05) is 18.6 Å². The number of carbonyl (C=O) groups is 1. The van der Waals surface area contributed by atoms with Crippen molar-refractivity contribution < 1.29 is 24.9 Å². The molecule has 2 atom stereocenters. The fourth-order valence-corrected chi connectivity index (χ4v) is 2.23. The fourth-order valence-electron chi connectivity index (χ4n) is 2.23. The van der Waals surface area contributed by atoms with E-state index in [0.717, 1.165) is 6.08 Å². The molecule has 0 saturated heterocycles. The third kappa shape index (κ3) is 3.21. The number of fused-ring (bicyclic) bond motifs is 1. The number of phenols is 1. The summed E-state index contributed by atoms with van der Waals surface area (Å²) >= 11 is 0. The zero-order valence-electron chi connectivity index (χ0n) is 11.4. The molecular weight excluding hydrogens is 272 g/mol. The topological polar surface area (TPSA) is 87.0 Å². The number of carboxylic acid groups (broad SMARTS) is 1. The van der Waals surface area contributed by atoms with Crippen molar-refractivity contribution in [3.63, 3.8) is 0 Å². The second-order valence-electron chi connectivity index (χ2n) is 4.56. The predicted octanol–water partition coefficient (Wildman–Crippen LogP) is 2.23. The molecule has 2 aromatic rings. The Balaban J connectivity index is 2.45. The third-order valence-corrected chi connectivity index (χ3v) is 3.27. The lowest BCUT2D eigenvalue weighted by Gasteiger charge is -2.20. The Morgan fingerprint density at radius 1 is 1.19 bits per heavy atom. The largest absolute Gasteiger partial charge is 0.507 e. The maximum Gasteiger partial charge on any atom is 0.328 e. The number of hydrogen-bond acceptors (Lipinski definition) is 4. The molecule has 0 bridgehead atoms. The lowest BCUT2D eigenvalue weighted by molar-refractivity contribution is -0.131. The summed E-state index contributed by atoms with van der Waals surface area (Å²) in [5.74, 6) is -0.989. The van der Waals surface area contributed by atoms with E-state index in [1.807, 2.05) is 0 Å². The number of ether oxygens (including phenoxy) is 1. The van der Waals surface area contributed by atoms with Crippen LogP contribution < -0.4 is 0 Å². The summed E-state index contributed by atoms with van der Waals surface area (Å²) in [6.45, 7) is 0. The van der Waals surface area contributed by atoms with Crippen LogP contribution in [0.15, 0.2) is 48.6 Å². The summed E-state index contributed by atoms with van der Waals surface area (Å²) < 4.78 is 5.13. The van der Waals surface area contributed by atoms with Crippen molar-refractivity contribution >= 4 is 16.7 Å². The normalized spacial score (nSPS) is 14.4. The van der Waals surface area contributed by atoms with Crippen molar-refractivity contribution in [1.29, 1.82) is 0 Å². The molecule has 2 aromatic carbocycles. The van der Waals surface area contributed by atoms with Gasteiger partial charge in [0.25, 0.3) is 0 Å². The lowest BCUT2D eigenvalue weighted by atomic mass is 9.96. The minimum Gasteiger partial charge on any atom is -0.507 e. The van der Waals surface area contributed by atoms with E-state index in [0.29, 0.717) is 16.3 Å². The van der Waals surface area contributed by atoms with Crippen LogP contribution in [-0.2, 0) is 9.53 Å². The first kappa shape index (κ1) is 15.0. The molecule has 5 nitrogen and oxygen atoms in total. The van der Waals surface area contributed by atoms with Crippen molar-refractivity contribution in [3.8, 4) is 5.75 Å². The number of aliphatic hydroxyl groups is 1. The van der Waals surface area contributed by atoms with Crippen LogP contribution in [0.2, 0.25) is 0 Å². The van der Waals surface area contributed by atoms with E-state index in [-0.39, 0.29) is 5.75 Å². The van der Waals surface area contributed by atoms with Crippen LogP contribution in [0.25, 0.3) is 10.8 Å². The number of phenolic OH excluding ortho intramolecular Hbond substituents is 1. The van der Waals surface area contributed by atoms with E-state index in [9.17, 15) is 15.0 Å². The molecule has 0 aliphatic carbocycles. The minimum atomic E-state index is -1.11. The zero-order valence-corrected chi connectivity index (χ0v) is 11.4. The van der Waals surface area contributed by atoms with Crippen molar-refractivity contribution in [2.75, 3.05) is 7.11 Å². The summed E-state index contributed by atoms with van der Waals surface area (Å²) in [5.41, 5.74) is 0.560. The highest BCUT2D eigenvalue weighted by Gasteiger charge is 2.21. The number of methoxy groups -OCH3 is 1. The molecule has 0 heterocycles. The first-order valence-electron chi connectivity index (χ1n) is 6.37. The summed E-state index contributed by atoms with van der Waals surface area (Å²) in [7, 11) is 1.39. The third-order valence-electron chi connectivity index (χ3n) is 3.27. The van der Waals surface area contributed by atoms with Gasteiger partial charge in [-0.3, -0.25) is 0 Å². The Morgan fingerprint density at radius 2 is 1.86 bits per heavy atom. The van der Waals surface area contributed by atoms with Crippen molar-refractivity contribution in [3.05, 3.63) is 54.1 Å². The fraction of sp³-hybridized carbons (Fsp3) is 0.188. The monoisotopic (exact) mass is 288 g/mol. The molecule has 0 aliphatic rings. The maximum absolute atomic E-state index is 10.6. The Kier molecular flexibility index (Phi) is 4.57. The van der Waals surface area contributed by atoms with Gasteiger partial charge in [0.15, 0.2) is 0 Å². The SMILES string of the molecule is CO[C@H](/C=C/C(=O)O)[C@H](O)c1ccc(O)c2ccccc12. The van der Waals surface area contributed by atoms with Crippen LogP contribution in [0, 0.1) is 0 Å². The van der Waals surface area contributed by atoms with Crippen LogP contribution in [0.5, 0.6) is 5.75 Å². The number of aromatic hydroxyl groups is 1. The molecule has 0 fully saturated rings. The minimum absolute atomic E-state index is 0.122. The van der Waals surface area contributed by atoms with E-state index in [1.165, 1.54) is 19.3 Å². The second kappa shape index (κ2) is 6.39. The van der Waals surface area contributed by atoms with Gasteiger partial charge >= 0.3 is 5.97 Å². The number of aliphatic carboxylic acids is 1. The average Bonchev–Trinajstić information content (AvgIpc) is 2.48. The van der Waals surface area contributed by atoms with E-state index in [2.05, 4.69) is 0 Å². The Morgan fingerprint density at radius 3 is 2.48 bits per heavy atom. The summed E-state index contributed by atoms with van der Waals surface area (Å²) in [5, 5.41) is 30.2. The van der Waals surface area contributed by atoms with Crippen LogP contribution in [0.3, 0.4) is 0 Å². The Bertz CT molecular complexity index is 677. The van der Waals surface area contributed by atoms with E-state index in [4.69, 9.17) is 9.84 Å². The molecular formula is C16H16O5. The Labute approximate surface area is 121 Å². The number of carboxylic acids is 1. The van der Waals surface area contributed by atoms with Gasteiger partial charge in [0.1, 0.15) is 18.0 Å². The highest BCUT2D eigenvalue weighted by molar-refractivity contribution is 5.91. The van der Waals surface area contributed by atoms with Gasteiger partial charge < -0.3 is 20.1 Å². The number of hydrogen-bond donors (Lipinski definition) is 3.